The third-order valence-corrected chi connectivity index (χ3v) is 3.37. The standard InChI is InChI=1S/C18H18F3NO4/c1-17(2,3)26-16(25)10-22-13(6-7-15(23)24)8-11-4-5-12(9-14(11)22)18(19,20)21/h4-9H,10H2,1-3H3,(H,23,24). The minimum Gasteiger partial charge on any atom is -0.478 e. The highest BCUT2D eigenvalue weighted by Gasteiger charge is 2.31. The molecule has 0 radical (unpaired) electrons. The van der Waals surface area contributed by atoms with Crippen molar-refractivity contribution >= 4 is 28.9 Å². The van der Waals surface area contributed by atoms with Gasteiger partial charge in [0.15, 0.2) is 0 Å². The van der Waals surface area contributed by atoms with E-state index in [2.05, 4.69) is 0 Å². The number of hydrogen-bond acceptors (Lipinski definition) is 3. The van der Waals surface area contributed by atoms with Gasteiger partial charge >= 0.3 is 18.1 Å². The van der Waals surface area contributed by atoms with E-state index >= 15 is 0 Å². The fourth-order valence-electron chi connectivity index (χ4n) is 2.43. The number of alkyl halides is 3. The van der Waals surface area contributed by atoms with Crippen LogP contribution >= 0.6 is 0 Å². The first kappa shape index (κ1) is 19.6. The molecule has 0 fully saturated rings. The zero-order valence-corrected chi connectivity index (χ0v) is 14.4. The number of carboxylic acids is 1. The van der Waals surface area contributed by atoms with Crippen molar-refractivity contribution in [3.63, 3.8) is 0 Å². The van der Waals surface area contributed by atoms with Crippen LogP contribution in [0.4, 0.5) is 13.2 Å². The number of aromatic nitrogens is 1. The van der Waals surface area contributed by atoms with Gasteiger partial charge in [-0.05, 0) is 45.0 Å². The van der Waals surface area contributed by atoms with Gasteiger partial charge in [0.2, 0.25) is 0 Å². The number of aliphatic carboxylic acids is 1. The Morgan fingerprint density at radius 3 is 2.38 bits per heavy atom. The van der Waals surface area contributed by atoms with Gasteiger partial charge in [-0.25, -0.2) is 4.79 Å². The number of nitrogens with zero attached hydrogens (tertiary/aromatic N) is 1. The number of esters is 1. The second kappa shape index (κ2) is 6.86. The Kier molecular flexibility index (Phi) is 5.16. The summed E-state index contributed by atoms with van der Waals surface area (Å²) in [6, 6.07) is 4.66. The number of benzene rings is 1. The minimum absolute atomic E-state index is 0.163. The lowest BCUT2D eigenvalue weighted by Crippen LogP contribution is -2.26. The Labute approximate surface area is 147 Å². The lowest BCUT2D eigenvalue weighted by molar-refractivity contribution is -0.155. The van der Waals surface area contributed by atoms with Crippen molar-refractivity contribution in [2.75, 3.05) is 0 Å². The van der Waals surface area contributed by atoms with Crippen molar-refractivity contribution in [3.05, 3.63) is 41.6 Å². The number of carbonyl (C=O) groups excluding carboxylic acids is 1. The van der Waals surface area contributed by atoms with Crippen LogP contribution in [0.3, 0.4) is 0 Å². The number of halogens is 3. The van der Waals surface area contributed by atoms with Gasteiger partial charge in [0.1, 0.15) is 12.1 Å². The first-order valence-electron chi connectivity index (χ1n) is 7.70. The van der Waals surface area contributed by atoms with E-state index in [-0.39, 0.29) is 17.8 Å². The molecule has 1 aromatic heterocycles. The van der Waals surface area contributed by atoms with Crippen LogP contribution in [-0.2, 0) is 27.0 Å². The predicted molar refractivity (Wildman–Crippen MR) is 89.5 cm³/mol. The molecular formula is C18H18F3NO4. The number of rotatable bonds is 4. The van der Waals surface area contributed by atoms with E-state index < -0.39 is 29.3 Å². The Bertz CT molecular complexity index is 873. The number of carboxylic acid groups (broad SMARTS) is 1. The molecule has 5 nitrogen and oxygen atoms in total. The molecule has 0 spiro atoms. The van der Waals surface area contributed by atoms with Crippen molar-refractivity contribution in [2.24, 2.45) is 0 Å². The molecular weight excluding hydrogens is 351 g/mol. The molecule has 0 aliphatic heterocycles. The van der Waals surface area contributed by atoms with Gasteiger partial charge in [0, 0.05) is 22.7 Å². The largest absolute Gasteiger partial charge is 0.478 e. The molecule has 0 aliphatic rings. The molecule has 0 saturated carbocycles. The van der Waals surface area contributed by atoms with Gasteiger partial charge in [-0.15, -0.1) is 0 Å². The number of hydrogen-bond donors (Lipinski definition) is 1. The van der Waals surface area contributed by atoms with Crippen molar-refractivity contribution in [2.45, 2.75) is 39.1 Å². The van der Waals surface area contributed by atoms with E-state index in [1.807, 2.05) is 0 Å². The van der Waals surface area contributed by atoms with Gasteiger partial charge in [-0.2, -0.15) is 13.2 Å². The van der Waals surface area contributed by atoms with Crippen molar-refractivity contribution < 1.29 is 32.6 Å². The van der Waals surface area contributed by atoms with Crippen LogP contribution in [0.1, 0.15) is 32.0 Å². The monoisotopic (exact) mass is 369 g/mol. The van der Waals surface area contributed by atoms with E-state index in [1.54, 1.807) is 20.8 Å². The average Bonchev–Trinajstić information content (AvgIpc) is 2.79. The Morgan fingerprint density at radius 1 is 1.19 bits per heavy atom. The molecule has 140 valence electrons. The maximum absolute atomic E-state index is 13.0. The van der Waals surface area contributed by atoms with Crippen molar-refractivity contribution in [1.29, 1.82) is 0 Å². The Morgan fingerprint density at radius 2 is 1.85 bits per heavy atom. The SMILES string of the molecule is CC(C)(C)OC(=O)Cn1c(C=CC(=O)O)cc2ccc(C(F)(F)F)cc21. The topological polar surface area (TPSA) is 68.5 Å². The number of carbonyl (C=O) groups is 2. The zero-order valence-electron chi connectivity index (χ0n) is 14.4. The maximum Gasteiger partial charge on any atom is 0.416 e. The van der Waals surface area contributed by atoms with Crippen LogP contribution in [0.5, 0.6) is 0 Å². The molecule has 0 amide bonds. The number of fused-ring (bicyclic) bond motifs is 1. The molecule has 0 bridgehead atoms. The van der Waals surface area contributed by atoms with E-state index in [0.29, 0.717) is 5.39 Å². The van der Waals surface area contributed by atoms with E-state index in [0.717, 1.165) is 18.2 Å². The molecule has 0 atom stereocenters. The van der Waals surface area contributed by atoms with Crippen molar-refractivity contribution in [1.82, 2.24) is 4.57 Å². The van der Waals surface area contributed by atoms with Crippen LogP contribution in [0.15, 0.2) is 30.3 Å². The summed E-state index contributed by atoms with van der Waals surface area (Å²) in [7, 11) is 0. The summed E-state index contributed by atoms with van der Waals surface area (Å²) >= 11 is 0. The molecule has 8 heteroatoms. The molecule has 26 heavy (non-hydrogen) atoms. The molecule has 1 aromatic carbocycles. The maximum atomic E-state index is 13.0. The molecule has 1 heterocycles. The quantitative estimate of drug-likeness (QED) is 0.651. The summed E-state index contributed by atoms with van der Waals surface area (Å²) in [6.07, 6.45) is -2.46. The molecule has 2 rings (SSSR count). The second-order valence-corrected chi connectivity index (χ2v) is 6.68. The predicted octanol–water partition coefficient (Wildman–Crippen LogP) is 4.10. The lowest BCUT2D eigenvalue weighted by atomic mass is 10.1. The van der Waals surface area contributed by atoms with Crippen LogP contribution in [0, 0.1) is 0 Å². The van der Waals surface area contributed by atoms with Gasteiger partial charge in [0.25, 0.3) is 0 Å². The fourth-order valence-corrected chi connectivity index (χ4v) is 2.43. The normalized spacial score (nSPS) is 12.7. The zero-order chi connectivity index (χ0) is 19.7. The first-order valence-corrected chi connectivity index (χ1v) is 7.70. The van der Waals surface area contributed by atoms with Crippen LogP contribution in [-0.4, -0.2) is 27.2 Å². The van der Waals surface area contributed by atoms with Gasteiger partial charge in [-0.3, -0.25) is 4.79 Å². The van der Waals surface area contributed by atoms with Crippen LogP contribution in [0.2, 0.25) is 0 Å². The Balaban J connectivity index is 2.55. The third-order valence-electron chi connectivity index (χ3n) is 3.37. The third kappa shape index (κ3) is 4.87. The molecule has 2 aromatic rings. The lowest BCUT2D eigenvalue weighted by Gasteiger charge is -2.20. The minimum atomic E-state index is -4.54. The Hall–Kier alpha value is -2.77. The van der Waals surface area contributed by atoms with E-state index in [4.69, 9.17) is 9.84 Å². The smallest absolute Gasteiger partial charge is 0.416 e. The highest BCUT2D eigenvalue weighted by atomic mass is 19.4. The number of ether oxygens (including phenoxy) is 1. The summed E-state index contributed by atoms with van der Waals surface area (Å²) in [5, 5.41) is 9.24. The van der Waals surface area contributed by atoms with Crippen molar-refractivity contribution in [3.8, 4) is 0 Å². The first-order chi connectivity index (χ1) is 11.9. The summed E-state index contributed by atoms with van der Waals surface area (Å²) in [5.74, 6) is -1.85. The second-order valence-electron chi connectivity index (χ2n) is 6.68. The fraction of sp³-hybridized carbons (Fsp3) is 0.333. The highest BCUT2D eigenvalue weighted by molar-refractivity contribution is 5.89. The highest BCUT2D eigenvalue weighted by Crippen LogP contribution is 2.32. The average molecular weight is 369 g/mol. The molecule has 0 unspecified atom stereocenters. The molecule has 0 saturated heterocycles. The summed E-state index contributed by atoms with van der Waals surface area (Å²) < 4.78 is 45.5. The summed E-state index contributed by atoms with van der Waals surface area (Å²) in [4.78, 5) is 22.9. The van der Waals surface area contributed by atoms with Gasteiger partial charge < -0.3 is 14.4 Å². The van der Waals surface area contributed by atoms with Crippen LogP contribution < -0.4 is 0 Å². The molecule has 1 N–H and O–H groups in total. The van der Waals surface area contributed by atoms with E-state index in [1.165, 1.54) is 22.8 Å². The van der Waals surface area contributed by atoms with E-state index in [9.17, 15) is 22.8 Å². The summed E-state index contributed by atoms with van der Waals surface area (Å²) in [5.41, 5.74) is -1.17. The van der Waals surface area contributed by atoms with Crippen LogP contribution in [0.25, 0.3) is 17.0 Å². The van der Waals surface area contributed by atoms with Gasteiger partial charge in [-0.1, -0.05) is 6.07 Å². The summed E-state index contributed by atoms with van der Waals surface area (Å²) in [6.45, 7) is 4.67. The molecule has 0 aliphatic carbocycles. The van der Waals surface area contributed by atoms with Gasteiger partial charge in [0.05, 0.1) is 5.56 Å².